The Hall–Kier alpha value is -0.720. The van der Waals surface area contributed by atoms with Crippen LogP contribution >= 0.6 is 0 Å². The van der Waals surface area contributed by atoms with E-state index < -0.39 is 17.3 Å². The summed E-state index contributed by atoms with van der Waals surface area (Å²) in [5, 5.41) is 0. The normalized spacial score (nSPS) is 13.1. The highest BCUT2D eigenvalue weighted by Gasteiger charge is 1.95. The van der Waals surface area contributed by atoms with E-state index in [1.807, 2.05) is 0 Å². The van der Waals surface area contributed by atoms with Gasteiger partial charge in [-0.1, -0.05) is 6.08 Å². The molecule has 0 saturated heterocycles. The van der Waals surface area contributed by atoms with Crippen molar-refractivity contribution in [2.45, 2.75) is 13.3 Å². The van der Waals surface area contributed by atoms with E-state index in [4.69, 9.17) is 0 Å². The van der Waals surface area contributed by atoms with E-state index in [1.54, 1.807) is 13.0 Å². The Balaban J connectivity index is 3.25. The molecule has 0 aromatic heterocycles. The maximum absolute atomic E-state index is 10.7. The Morgan fingerprint density at radius 1 is 1.54 bits per heavy atom. The van der Waals surface area contributed by atoms with Crippen molar-refractivity contribution in [1.82, 2.24) is 0 Å². The van der Waals surface area contributed by atoms with Gasteiger partial charge in [0.15, 0.2) is 0 Å². The first-order chi connectivity index (χ1) is 6.16. The molecular weight excluding hydrogens is 196 g/mol. The summed E-state index contributed by atoms with van der Waals surface area (Å²) in [7, 11) is 0. The smallest absolute Gasteiger partial charge is 0.330 e. The lowest BCUT2D eigenvalue weighted by Crippen LogP contribution is -2.06. The van der Waals surface area contributed by atoms with Crippen LogP contribution < -0.4 is 0 Å². The standard InChI is InChI=1S/C7H12O5S/c1-2-4-7(8)11-5-3-6-12-13(9)10/h2,4H,3,5-6H2,1H3,(H,9,10)/p-1. The Bertz CT molecular complexity index is 201. The summed E-state index contributed by atoms with van der Waals surface area (Å²) in [6.07, 6.45) is 3.20. The summed E-state index contributed by atoms with van der Waals surface area (Å²) in [6.45, 7) is 1.88. The van der Waals surface area contributed by atoms with Crippen molar-refractivity contribution in [1.29, 1.82) is 0 Å². The molecule has 0 aromatic rings. The minimum absolute atomic E-state index is 0.0270. The molecule has 0 saturated carbocycles. The van der Waals surface area contributed by atoms with Gasteiger partial charge in [0, 0.05) is 12.5 Å². The SMILES string of the molecule is CC=CC(=O)OCCCOS(=O)[O-]. The summed E-state index contributed by atoms with van der Waals surface area (Å²) in [5.41, 5.74) is 0. The molecule has 0 aliphatic carbocycles. The van der Waals surface area contributed by atoms with Gasteiger partial charge in [0.25, 0.3) is 0 Å². The summed E-state index contributed by atoms with van der Waals surface area (Å²) < 4.78 is 28.6. The van der Waals surface area contributed by atoms with Crippen molar-refractivity contribution in [2.75, 3.05) is 13.2 Å². The van der Waals surface area contributed by atoms with Crippen LogP contribution in [-0.2, 0) is 25.1 Å². The van der Waals surface area contributed by atoms with E-state index in [-0.39, 0.29) is 13.2 Å². The molecule has 0 amide bonds. The average molecular weight is 207 g/mol. The first-order valence-electron chi connectivity index (χ1n) is 3.68. The second-order valence-corrected chi connectivity index (χ2v) is 2.69. The molecule has 5 nitrogen and oxygen atoms in total. The van der Waals surface area contributed by atoms with Crippen LogP contribution in [0.25, 0.3) is 0 Å². The van der Waals surface area contributed by atoms with Gasteiger partial charge in [-0.05, 0) is 6.92 Å². The zero-order valence-corrected chi connectivity index (χ0v) is 8.04. The predicted octanol–water partition coefficient (Wildman–Crippen LogP) is 0.306. The molecule has 1 unspecified atom stereocenters. The van der Waals surface area contributed by atoms with Crippen LogP contribution in [0.4, 0.5) is 0 Å². The molecular formula is C7H11O5S-. The third-order valence-corrected chi connectivity index (χ3v) is 1.37. The van der Waals surface area contributed by atoms with E-state index in [0.29, 0.717) is 6.42 Å². The van der Waals surface area contributed by atoms with Crippen molar-refractivity contribution < 1.29 is 22.5 Å². The van der Waals surface area contributed by atoms with Gasteiger partial charge in [-0.25, -0.2) is 9.00 Å². The minimum atomic E-state index is -2.49. The second-order valence-electron chi connectivity index (χ2n) is 2.05. The van der Waals surface area contributed by atoms with Crippen molar-refractivity contribution in [3.63, 3.8) is 0 Å². The zero-order chi connectivity index (χ0) is 10.1. The van der Waals surface area contributed by atoms with E-state index >= 15 is 0 Å². The molecule has 0 N–H and O–H groups in total. The molecule has 76 valence electrons. The van der Waals surface area contributed by atoms with Gasteiger partial charge in [-0.3, -0.25) is 0 Å². The van der Waals surface area contributed by atoms with E-state index in [2.05, 4.69) is 8.92 Å². The van der Waals surface area contributed by atoms with Gasteiger partial charge >= 0.3 is 5.97 Å². The van der Waals surface area contributed by atoms with Gasteiger partial charge in [0.1, 0.15) is 0 Å². The molecule has 0 spiro atoms. The topological polar surface area (TPSA) is 75.7 Å². The zero-order valence-electron chi connectivity index (χ0n) is 7.23. The largest absolute Gasteiger partial charge is 0.750 e. The maximum Gasteiger partial charge on any atom is 0.330 e. The number of ether oxygens (including phenoxy) is 1. The number of carbonyl (C=O) groups is 1. The molecule has 0 bridgehead atoms. The van der Waals surface area contributed by atoms with Crippen LogP contribution in [0.5, 0.6) is 0 Å². The Kier molecular flexibility index (Phi) is 7.47. The third kappa shape index (κ3) is 9.19. The van der Waals surface area contributed by atoms with Crippen LogP contribution in [-0.4, -0.2) is 27.9 Å². The Morgan fingerprint density at radius 3 is 2.77 bits per heavy atom. The van der Waals surface area contributed by atoms with Crippen molar-refractivity contribution in [3.8, 4) is 0 Å². The number of carbonyl (C=O) groups excluding carboxylic acids is 1. The van der Waals surface area contributed by atoms with E-state index in [0.717, 1.165) is 0 Å². The molecule has 0 heterocycles. The maximum atomic E-state index is 10.7. The minimum Gasteiger partial charge on any atom is -0.750 e. The van der Waals surface area contributed by atoms with Crippen molar-refractivity contribution in [2.24, 2.45) is 0 Å². The quantitative estimate of drug-likeness (QED) is 0.271. The van der Waals surface area contributed by atoms with Gasteiger partial charge in [-0.2, -0.15) is 0 Å². The molecule has 0 aliphatic heterocycles. The first kappa shape index (κ1) is 12.3. The van der Waals surface area contributed by atoms with Gasteiger partial charge in [-0.15, -0.1) is 0 Å². The fourth-order valence-corrected chi connectivity index (χ4v) is 0.797. The molecule has 0 fully saturated rings. The highest BCUT2D eigenvalue weighted by molar-refractivity contribution is 7.74. The van der Waals surface area contributed by atoms with Crippen LogP contribution in [0.15, 0.2) is 12.2 Å². The molecule has 0 aromatic carbocycles. The van der Waals surface area contributed by atoms with Crippen molar-refractivity contribution >= 4 is 17.3 Å². The number of hydrogen-bond donors (Lipinski definition) is 0. The van der Waals surface area contributed by atoms with Gasteiger partial charge in [0.05, 0.1) is 24.6 Å². The monoisotopic (exact) mass is 207 g/mol. The highest BCUT2D eigenvalue weighted by Crippen LogP contribution is 1.88. The summed E-state index contributed by atoms with van der Waals surface area (Å²) >= 11 is -2.49. The molecule has 1 atom stereocenters. The number of rotatable bonds is 6. The lowest BCUT2D eigenvalue weighted by atomic mass is 10.5. The Labute approximate surface area is 79.2 Å². The van der Waals surface area contributed by atoms with E-state index in [1.165, 1.54) is 6.08 Å². The summed E-state index contributed by atoms with van der Waals surface area (Å²) in [6, 6.07) is 0. The van der Waals surface area contributed by atoms with E-state index in [9.17, 15) is 13.6 Å². The van der Waals surface area contributed by atoms with Crippen LogP contribution in [0, 0.1) is 0 Å². The van der Waals surface area contributed by atoms with Gasteiger partial charge in [0.2, 0.25) is 0 Å². The van der Waals surface area contributed by atoms with Gasteiger partial charge < -0.3 is 13.5 Å². The average Bonchev–Trinajstić information content (AvgIpc) is 2.03. The van der Waals surface area contributed by atoms with Crippen molar-refractivity contribution in [3.05, 3.63) is 12.2 Å². The Morgan fingerprint density at radius 2 is 2.23 bits per heavy atom. The fraction of sp³-hybridized carbons (Fsp3) is 0.571. The summed E-state index contributed by atoms with van der Waals surface area (Å²) in [4.78, 5) is 10.7. The summed E-state index contributed by atoms with van der Waals surface area (Å²) in [5.74, 6) is -0.439. The lowest BCUT2D eigenvalue weighted by molar-refractivity contribution is -0.137. The van der Waals surface area contributed by atoms with Crippen LogP contribution in [0.1, 0.15) is 13.3 Å². The number of allylic oxidation sites excluding steroid dienone is 1. The molecule has 6 heteroatoms. The second kappa shape index (κ2) is 7.90. The third-order valence-electron chi connectivity index (χ3n) is 1.02. The fourth-order valence-electron chi connectivity index (χ4n) is 0.543. The predicted molar refractivity (Wildman–Crippen MR) is 45.3 cm³/mol. The molecule has 13 heavy (non-hydrogen) atoms. The number of esters is 1. The van der Waals surface area contributed by atoms with Crippen LogP contribution in [0.2, 0.25) is 0 Å². The first-order valence-corrected chi connectivity index (χ1v) is 4.68. The molecule has 0 aliphatic rings. The lowest BCUT2D eigenvalue weighted by Gasteiger charge is -2.05. The number of hydrogen-bond acceptors (Lipinski definition) is 5. The molecule has 0 radical (unpaired) electrons. The molecule has 0 rings (SSSR count). The van der Waals surface area contributed by atoms with Crippen LogP contribution in [0.3, 0.4) is 0 Å². The highest BCUT2D eigenvalue weighted by atomic mass is 32.2.